The third-order valence-electron chi connectivity index (χ3n) is 4.30. The number of hydrogen-bond donors (Lipinski definition) is 6. The van der Waals surface area contributed by atoms with Gasteiger partial charge in [-0.05, 0) is 25.1 Å². The third-order valence-corrected chi connectivity index (χ3v) is 4.66. The van der Waals surface area contributed by atoms with E-state index < -0.39 is 63.5 Å². The molecular weight excluding hydrogens is 406 g/mol. The summed E-state index contributed by atoms with van der Waals surface area (Å²) in [5.74, 6) is -1.41. The van der Waals surface area contributed by atoms with Gasteiger partial charge in [-0.15, -0.1) is 0 Å². The minimum Gasteiger partial charge on any atom is -0.577 e. The molecule has 0 aliphatic carbocycles. The fraction of sp³-hybridized carbons (Fsp3) is 0.769. The van der Waals surface area contributed by atoms with Crippen LogP contribution in [0.2, 0.25) is 0 Å². The van der Waals surface area contributed by atoms with Crippen LogP contribution in [0.4, 0.5) is 4.39 Å². The van der Waals surface area contributed by atoms with E-state index in [1.165, 1.54) is 12.3 Å². The fourth-order valence-corrected chi connectivity index (χ4v) is 3.09. The number of halogens is 1. The Morgan fingerprint density at radius 2 is 2.21 bits per heavy atom. The van der Waals surface area contributed by atoms with Crippen molar-refractivity contribution >= 4 is 14.1 Å². The Hall–Kier alpha value is -1.32. The molecule has 0 amide bonds. The van der Waals surface area contributed by atoms with Gasteiger partial charge in [-0.2, -0.15) is 0 Å². The summed E-state index contributed by atoms with van der Waals surface area (Å²) in [5.41, 5.74) is -2.40. The lowest BCUT2D eigenvalue weighted by molar-refractivity contribution is -0.245. The van der Waals surface area contributed by atoms with Crippen LogP contribution in [0.25, 0.3) is 0 Å². The number of carbonyl (C=O) groups is 1. The number of aliphatic carboxylic acids is 1. The first-order valence-electron chi connectivity index (χ1n) is 8.11. The normalized spacial score (nSPS) is 37.4. The molecule has 28 heavy (non-hydrogen) atoms. The van der Waals surface area contributed by atoms with Gasteiger partial charge in [-0.25, -0.2) is 9.71 Å². The number of carboxylic acids is 1. The van der Waals surface area contributed by atoms with Crippen molar-refractivity contribution in [3.8, 4) is 0 Å². The highest BCUT2D eigenvalue weighted by molar-refractivity contribution is 7.33. The highest BCUT2D eigenvalue weighted by Gasteiger charge is 2.57. The molecule has 1 unspecified atom stereocenters. The van der Waals surface area contributed by atoms with Gasteiger partial charge in [-0.3, -0.25) is 9.63 Å². The summed E-state index contributed by atoms with van der Waals surface area (Å²) in [6.07, 6.45) is -4.84. The SMILES string of the molecule is C[C@@H](C(=O)O)N(N[P+](=O)[O-])OC[C@H]1O[C@@H](N2C=C[C@@H](O)N[C@H]2O)[C@](C)(F)[C@@H]1O. The van der Waals surface area contributed by atoms with Gasteiger partial charge in [0.15, 0.2) is 18.2 Å². The zero-order valence-corrected chi connectivity index (χ0v) is 15.8. The Balaban J connectivity index is 2.09. The van der Waals surface area contributed by atoms with Crippen LogP contribution >= 0.6 is 8.18 Å². The van der Waals surface area contributed by atoms with Crippen LogP contribution in [0.3, 0.4) is 0 Å². The smallest absolute Gasteiger partial charge is 0.425 e. The molecule has 0 radical (unpaired) electrons. The molecule has 6 N–H and O–H groups in total. The average Bonchev–Trinajstić information content (AvgIpc) is 2.81. The first-order chi connectivity index (χ1) is 12.9. The molecule has 2 aliphatic rings. The molecule has 13 nitrogen and oxygen atoms in total. The van der Waals surface area contributed by atoms with Gasteiger partial charge in [0.1, 0.15) is 24.5 Å². The number of ether oxygens (including phenoxy) is 1. The van der Waals surface area contributed by atoms with Crippen LogP contribution in [0, 0.1) is 0 Å². The standard InChI is InChI=1S/C13H22FN4O9P/c1-6(10(21)22)18(16-28(24)25)26-5-7-9(20)13(2,14)11(27-7)17-4-3-8(19)15-12(17)23/h3-4,6-9,11-12,15,19-20,23H,5H2,1-2H3,(H,21,22)(H,16,24,25)/t6-,7+,8+,9+,11+,12+,13+/m0/s1. The van der Waals surface area contributed by atoms with Gasteiger partial charge >= 0.3 is 14.1 Å². The van der Waals surface area contributed by atoms with E-state index in [9.17, 15) is 29.6 Å². The number of hydroxylamine groups is 1. The summed E-state index contributed by atoms with van der Waals surface area (Å²) in [6, 6.07) is -1.43. The maximum absolute atomic E-state index is 15.1. The predicted octanol–water partition coefficient (Wildman–Crippen LogP) is -2.96. The molecule has 1 saturated heterocycles. The molecule has 0 aromatic heterocycles. The van der Waals surface area contributed by atoms with Crippen molar-refractivity contribution in [2.45, 2.75) is 56.6 Å². The number of hydrogen-bond acceptors (Lipinski definition) is 11. The van der Waals surface area contributed by atoms with Crippen LogP contribution in [-0.2, 0) is 18.9 Å². The number of alkyl halides is 1. The highest BCUT2D eigenvalue weighted by Crippen LogP contribution is 2.37. The summed E-state index contributed by atoms with van der Waals surface area (Å²) in [4.78, 5) is 27.9. The summed E-state index contributed by atoms with van der Waals surface area (Å²) < 4.78 is 31.3. The summed E-state index contributed by atoms with van der Waals surface area (Å²) in [6.45, 7) is 1.56. The number of nitrogens with zero attached hydrogens (tertiary/aromatic N) is 2. The van der Waals surface area contributed by atoms with Crippen molar-refractivity contribution in [1.82, 2.24) is 20.6 Å². The van der Waals surface area contributed by atoms with Crippen molar-refractivity contribution < 1.29 is 48.6 Å². The first kappa shape index (κ1) is 23.0. The van der Waals surface area contributed by atoms with Gasteiger partial charge < -0.3 is 35.0 Å². The molecule has 2 rings (SSSR count). The molecule has 0 saturated carbocycles. The van der Waals surface area contributed by atoms with Gasteiger partial charge in [0.05, 0.1) is 6.61 Å². The van der Waals surface area contributed by atoms with E-state index in [4.69, 9.17) is 14.7 Å². The maximum Gasteiger partial charge on any atom is 0.425 e. The molecule has 0 bridgehead atoms. The molecule has 15 heteroatoms. The van der Waals surface area contributed by atoms with Crippen LogP contribution in [0.5, 0.6) is 0 Å². The van der Waals surface area contributed by atoms with Gasteiger partial charge in [-0.1, -0.05) is 9.74 Å². The zero-order valence-electron chi connectivity index (χ0n) is 14.9. The van der Waals surface area contributed by atoms with Crippen molar-refractivity contribution in [3.05, 3.63) is 12.3 Å². The Morgan fingerprint density at radius 1 is 1.57 bits per heavy atom. The minimum atomic E-state index is -3.25. The second kappa shape index (κ2) is 9.00. The maximum atomic E-state index is 15.1. The summed E-state index contributed by atoms with van der Waals surface area (Å²) in [5, 5.41) is 43.1. The van der Waals surface area contributed by atoms with E-state index in [0.717, 1.165) is 18.7 Å². The van der Waals surface area contributed by atoms with Crippen LogP contribution < -0.4 is 15.4 Å². The molecule has 160 valence electrons. The largest absolute Gasteiger partial charge is 0.577 e. The van der Waals surface area contributed by atoms with Crippen molar-refractivity contribution in [3.63, 3.8) is 0 Å². The monoisotopic (exact) mass is 428 g/mol. The van der Waals surface area contributed by atoms with Crippen LogP contribution in [-0.4, -0.2) is 85.8 Å². The predicted molar refractivity (Wildman–Crippen MR) is 85.9 cm³/mol. The van der Waals surface area contributed by atoms with Crippen molar-refractivity contribution in [2.75, 3.05) is 6.61 Å². The number of aliphatic hydroxyl groups excluding tert-OH is 3. The first-order valence-corrected chi connectivity index (χ1v) is 9.29. The molecule has 2 heterocycles. The van der Waals surface area contributed by atoms with Gasteiger partial charge in [0.2, 0.25) is 0 Å². The van der Waals surface area contributed by atoms with Crippen molar-refractivity contribution in [1.29, 1.82) is 0 Å². The molecule has 0 aromatic carbocycles. The lowest BCUT2D eigenvalue weighted by atomic mass is 9.98. The summed E-state index contributed by atoms with van der Waals surface area (Å²) >= 11 is 0. The lowest BCUT2D eigenvalue weighted by Gasteiger charge is -2.39. The van der Waals surface area contributed by atoms with Crippen molar-refractivity contribution in [2.24, 2.45) is 0 Å². The van der Waals surface area contributed by atoms with E-state index in [0.29, 0.717) is 5.17 Å². The van der Waals surface area contributed by atoms with Gasteiger partial charge in [0, 0.05) is 6.20 Å². The van der Waals surface area contributed by atoms with E-state index in [1.807, 2.05) is 0 Å². The van der Waals surface area contributed by atoms with Crippen LogP contribution in [0.15, 0.2) is 12.3 Å². The number of aliphatic hydroxyl groups is 3. The quantitative estimate of drug-likeness (QED) is 0.170. The third kappa shape index (κ3) is 4.99. The number of hydrazine groups is 1. The molecular formula is C13H22FN4O9P. The number of carboxylic acid groups (broad SMARTS) is 1. The average molecular weight is 428 g/mol. The highest BCUT2D eigenvalue weighted by atomic mass is 31.1. The molecule has 2 aliphatic heterocycles. The Bertz CT molecular complexity index is 627. The number of rotatable bonds is 8. The number of nitrogens with one attached hydrogen (secondary N) is 2. The molecule has 0 aromatic rings. The Morgan fingerprint density at radius 3 is 2.75 bits per heavy atom. The molecule has 8 atom stereocenters. The Kier molecular flexibility index (Phi) is 7.38. The molecule has 0 spiro atoms. The second-order valence-electron chi connectivity index (χ2n) is 6.39. The van der Waals surface area contributed by atoms with E-state index in [2.05, 4.69) is 5.32 Å². The topological polar surface area (TPSA) is 187 Å². The van der Waals surface area contributed by atoms with Crippen LogP contribution in [0.1, 0.15) is 13.8 Å². The summed E-state index contributed by atoms with van der Waals surface area (Å²) in [7, 11) is -3.25. The minimum absolute atomic E-state index is 0.417. The lowest BCUT2D eigenvalue weighted by Crippen LogP contribution is -2.58. The Labute approximate surface area is 159 Å². The second-order valence-corrected chi connectivity index (χ2v) is 7.10. The van der Waals surface area contributed by atoms with E-state index >= 15 is 4.39 Å². The zero-order chi connectivity index (χ0) is 21.2. The molecule has 1 fully saturated rings. The van der Waals surface area contributed by atoms with E-state index in [-0.39, 0.29) is 0 Å². The fourth-order valence-electron chi connectivity index (χ4n) is 2.70. The van der Waals surface area contributed by atoms with Gasteiger partial charge in [0.25, 0.3) is 0 Å². The van der Waals surface area contributed by atoms with E-state index in [1.54, 1.807) is 5.20 Å².